The van der Waals surface area contributed by atoms with Gasteiger partial charge in [0.1, 0.15) is 0 Å². The predicted molar refractivity (Wildman–Crippen MR) is 47.9 cm³/mol. The molecular weight excluding hydrogens is 174 g/mol. The zero-order chi connectivity index (χ0) is 8.97. The molecule has 12 heavy (non-hydrogen) atoms. The average Bonchev–Trinajstić information content (AvgIpc) is 2.01. The number of allylic oxidation sites excluding steroid dienone is 2. The maximum Gasteiger partial charge on any atom is 0.211 e. The molecule has 0 fully saturated rings. The summed E-state index contributed by atoms with van der Waals surface area (Å²) in [5, 5.41) is 9.86. The quantitative estimate of drug-likeness (QED) is 0.697. The Kier molecular flexibility index (Phi) is 3.11. The van der Waals surface area contributed by atoms with Gasteiger partial charge in [-0.25, -0.2) is 0 Å². The molecule has 1 aromatic heterocycles. The highest BCUT2D eigenvalue weighted by Gasteiger charge is 1.97. The lowest BCUT2D eigenvalue weighted by atomic mass is 10.4. The van der Waals surface area contributed by atoms with Crippen LogP contribution in [-0.4, -0.2) is 5.11 Å². The van der Waals surface area contributed by atoms with E-state index in [4.69, 9.17) is 16.7 Å². The molecule has 0 aliphatic carbocycles. The Bertz CT molecular complexity index is 292. The van der Waals surface area contributed by atoms with E-state index in [1.165, 1.54) is 0 Å². The van der Waals surface area contributed by atoms with Gasteiger partial charge in [0.2, 0.25) is 6.20 Å². The van der Waals surface area contributed by atoms with Crippen LogP contribution >= 0.6 is 11.6 Å². The molecule has 0 aliphatic heterocycles. The minimum absolute atomic E-state index is 0.262. The minimum Gasteiger partial charge on any atom is -0.503 e. The Morgan fingerprint density at radius 1 is 1.75 bits per heavy atom. The molecule has 3 heteroatoms. The first-order valence-corrected chi connectivity index (χ1v) is 4.06. The van der Waals surface area contributed by atoms with E-state index < -0.39 is 0 Å². The summed E-state index contributed by atoms with van der Waals surface area (Å²) in [5.74, 6) is 0.262. The summed E-state index contributed by atoms with van der Waals surface area (Å²) in [7, 11) is 0. The number of nitrogens with zero attached hydrogens (tertiary/aromatic N) is 1. The van der Waals surface area contributed by atoms with Crippen molar-refractivity contribution >= 4 is 11.6 Å². The van der Waals surface area contributed by atoms with E-state index >= 15 is 0 Å². The van der Waals surface area contributed by atoms with Gasteiger partial charge >= 0.3 is 0 Å². The van der Waals surface area contributed by atoms with Gasteiger partial charge in [0.15, 0.2) is 18.5 Å². The molecule has 0 atom stereocenters. The molecule has 1 heterocycles. The van der Waals surface area contributed by atoms with E-state index in [1.807, 2.05) is 23.8 Å². The summed E-state index contributed by atoms with van der Waals surface area (Å²) in [6, 6.07) is 3.42. The van der Waals surface area contributed by atoms with Crippen molar-refractivity contribution in [1.82, 2.24) is 0 Å². The van der Waals surface area contributed by atoms with Crippen molar-refractivity contribution in [2.24, 2.45) is 0 Å². The van der Waals surface area contributed by atoms with Crippen LogP contribution in [0.15, 0.2) is 35.6 Å². The summed E-state index contributed by atoms with van der Waals surface area (Å²) in [6.45, 7) is 2.51. The fourth-order valence-corrected chi connectivity index (χ4v) is 0.922. The van der Waals surface area contributed by atoms with Crippen LogP contribution in [0.4, 0.5) is 0 Å². The van der Waals surface area contributed by atoms with Gasteiger partial charge in [-0.15, -0.1) is 0 Å². The maximum atomic E-state index is 9.10. The van der Waals surface area contributed by atoms with E-state index in [2.05, 4.69) is 0 Å². The largest absolute Gasteiger partial charge is 0.503 e. The third kappa shape index (κ3) is 2.93. The number of rotatable bonds is 2. The van der Waals surface area contributed by atoms with Gasteiger partial charge in [-0.3, -0.25) is 0 Å². The Hall–Kier alpha value is -1.02. The zero-order valence-corrected chi connectivity index (χ0v) is 7.62. The molecule has 1 N–H and O–H groups in total. The molecule has 0 unspecified atom stereocenters. The number of aromatic nitrogens is 1. The fourth-order valence-electron chi connectivity index (χ4n) is 0.853. The van der Waals surface area contributed by atoms with Crippen LogP contribution in [0, 0.1) is 0 Å². The van der Waals surface area contributed by atoms with Crippen molar-refractivity contribution in [3.63, 3.8) is 0 Å². The molecule has 1 aromatic rings. The van der Waals surface area contributed by atoms with Gasteiger partial charge in [0, 0.05) is 11.1 Å². The molecular formula is C9H11ClNO+. The lowest BCUT2D eigenvalue weighted by molar-refractivity contribution is -0.687. The second kappa shape index (κ2) is 4.12. The second-order valence-electron chi connectivity index (χ2n) is 2.55. The Balaban J connectivity index is 2.70. The molecule has 0 bridgehead atoms. The summed E-state index contributed by atoms with van der Waals surface area (Å²) < 4.78 is 1.85. The van der Waals surface area contributed by atoms with Gasteiger partial charge in [-0.1, -0.05) is 11.6 Å². The normalized spacial score (nSPS) is 11.7. The molecule has 0 spiro atoms. The van der Waals surface area contributed by atoms with Crippen molar-refractivity contribution in [3.05, 3.63) is 35.6 Å². The maximum absolute atomic E-state index is 9.10. The zero-order valence-electron chi connectivity index (χ0n) is 6.87. The average molecular weight is 185 g/mol. The van der Waals surface area contributed by atoms with Crippen molar-refractivity contribution in [1.29, 1.82) is 0 Å². The van der Waals surface area contributed by atoms with Gasteiger partial charge in [0.25, 0.3) is 0 Å². The molecule has 0 saturated carbocycles. The second-order valence-corrected chi connectivity index (χ2v) is 3.15. The lowest BCUT2D eigenvalue weighted by Gasteiger charge is -1.92. The lowest BCUT2D eigenvalue weighted by Crippen LogP contribution is -2.31. The van der Waals surface area contributed by atoms with E-state index in [0.29, 0.717) is 6.54 Å². The van der Waals surface area contributed by atoms with Crippen LogP contribution in [0.2, 0.25) is 0 Å². The van der Waals surface area contributed by atoms with Crippen LogP contribution < -0.4 is 4.57 Å². The molecule has 64 valence electrons. The Morgan fingerprint density at radius 3 is 3.08 bits per heavy atom. The van der Waals surface area contributed by atoms with Gasteiger partial charge in [0.05, 0.1) is 0 Å². The monoisotopic (exact) mass is 184 g/mol. The highest BCUT2D eigenvalue weighted by Crippen LogP contribution is 2.01. The van der Waals surface area contributed by atoms with E-state index in [1.54, 1.807) is 18.3 Å². The summed E-state index contributed by atoms with van der Waals surface area (Å²) in [6.07, 6.45) is 5.40. The number of hydrogen-bond donors (Lipinski definition) is 1. The van der Waals surface area contributed by atoms with E-state index in [-0.39, 0.29) is 5.75 Å². The van der Waals surface area contributed by atoms with Crippen LogP contribution in [0.5, 0.6) is 5.75 Å². The first kappa shape index (κ1) is 9.07. The number of hydrogen-bond acceptors (Lipinski definition) is 1. The first-order valence-electron chi connectivity index (χ1n) is 3.69. The van der Waals surface area contributed by atoms with Gasteiger partial charge in [-0.2, -0.15) is 4.57 Å². The molecule has 0 saturated heterocycles. The Morgan fingerprint density at radius 2 is 2.50 bits per heavy atom. The molecule has 0 radical (unpaired) electrons. The Labute approximate surface area is 76.7 Å². The minimum atomic E-state index is 0.262. The standard InChI is InChI=1S/C9H10ClNO/c1-8(10)4-6-11-5-2-3-9(12)7-11/h2-5,7H,6H2,1H3/p+1/b8-4+. The van der Waals surface area contributed by atoms with Crippen molar-refractivity contribution in [2.75, 3.05) is 0 Å². The molecule has 1 rings (SSSR count). The van der Waals surface area contributed by atoms with Gasteiger partial charge in [-0.05, 0) is 19.1 Å². The molecule has 0 aliphatic rings. The highest BCUT2D eigenvalue weighted by molar-refractivity contribution is 6.29. The smallest absolute Gasteiger partial charge is 0.211 e. The van der Waals surface area contributed by atoms with Crippen LogP contribution in [-0.2, 0) is 6.54 Å². The van der Waals surface area contributed by atoms with E-state index in [0.717, 1.165) is 5.03 Å². The highest BCUT2D eigenvalue weighted by atomic mass is 35.5. The van der Waals surface area contributed by atoms with Gasteiger partial charge < -0.3 is 5.11 Å². The summed E-state index contributed by atoms with van der Waals surface area (Å²) in [5.41, 5.74) is 0. The number of aromatic hydroxyl groups is 1. The van der Waals surface area contributed by atoms with E-state index in [9.17, 15) is 0 Å². The molecule has 0 aromatic carbocycles. The fraction of sp³-hybridized carbons (Fsp3) is 0.222. The topological polar surface area (TPSA) is 24.1 Å². The number of pyridine rings is 1. The number of halogens is 1. The third-order valence-electron chi connectivity index (χ3n) is 1.43. The van der Waals surface area contributed by atoms with Crippen LogP contribution in [0.25, 0.3) is 0 Å². The SMILES string of the molecule is C/C(Cl)=C\C[n+]1cccc(O)c1. The van der Waals surface area contributed by atoms with Crippen molar-refractivity contribution in [2.45, 2.75) is 13.5 Å². The van der Waals surface area contributed by atoms with Crippen LogP contribution in [0.1, 0.15) is 6.92 Å². The predicted octanol–water partition coefficient (Wildman–Crippen LogP) is 1.82. The van der Waals surface area contributed by atoms with Crippen LogP contribution in [0.3, 0.4) is 0 Å². The molecule has 0 amide bonds. The first-order chi connectivity index (χ1) is 5.68. The third-order valence-corrected chi connectivity index (χ3v) is 1.58. The summed E-state index contributed by atoms with van der Waals surface area (Å²) in [4.78, 5) is 0. The summed E-state index contributed by atoms with van der Waals surface area (Å²) >= 11 is 5.65. The molecule has 2 nitrogen and oxygen atoms in total. The van der Waals surface area contributed by atoms with Crippen molar-refractivity contribution < 1.29 is 9.67 Å². The van der Waals surface area contributed by atoms with Crippen molar-refractivity contribution in [3.8, 4) is 5.75 Å².